The van der Waals surface area contributed by atoms with Gasteiger partial charge in [0.2, 0.25) is 0 Å². The highest BCUT2D eigenvalue weighted by atomic mass is 16.3. The van der Waals surface area contributed by atoms with Gasteiger partial charge < -0.3 is 10.0 Å². The van der Waals surface area contributed by atoms with Crippen LogP contribution in [0.5, 0.6) is 0 Å². The van der Waals surface area contributed by atoms with Gasteiger partial charge in [-0.2, -0.15) is 5.10 Å². The lowest BCUT2D eigenvalue weighted by Crippen LogP contribution is -2.53. The van der Waals surface area contributed by atoms with Crippen LogP contribution in [0.1, 0.15) is 51.9 Å². The monoisotopic (exact) mass is 281 g/mol. The Morgan fingerprint density at radius 3 is 2.25 bits per heavy atom. The summed E-state index contributed by atoms with van der Waals surface area (Å²) in [5.74, 6) is 0. The Hall–Kier alpha value is -0.870. The molecule has 4 heteroatoms. The first kappa shape index (κ1) is 17.2. The topological polar surface area (TPSA) is 41.3 Å². The SMILES string of the molecule is CCc1cc(CC(O)C(CC)(CC)N(C)C)n(CC)n1. The first-order valence-electron chi connectivity index (χ1n) is 7.86. The third kappa shape index (κ3) is 3.23. The highest BCUT2D eigenvalue weighted by Crippen LogP contribution is 2.28. The minimum atomic E-state index is -0.376. The lowest BCUT2D eigenvalue weighted by Gasteiger charge is -2.42. The smallest absolute Gasteiger partial charge is 0.0778 e. The van der Waals surface area contributed by atoms with Crippen LogP contribution in [0.4, 0.5) is 0 Å². The van der Waals surface area contributed by atoms with Crippen molar-refractivity contribution < 1.29 is 5.11 Å². The Balaban J connectivity index is 2.98. The average Bonchev–Trinajstić information content (AvgIpc) is 2.82. The van der Waals surface area contributed by atoms with Crippen LogP contribution in [0.2, 0.25) is 0 Å². The van der Waals surface area contributed by atoms with Crippen molar-refractivity contribution in [2.75, 3.05) is 14.1 Å². The molecule has 0 aliphatic heterocycles. The van der Waals surface area contributed by atoms with Gasteiger partial charge in [-0.15, -0.1) is 0 Å². The summed E-state index contributed by atoms with van der Waals surface area (Å²) in [6.07, 6.45) is 3.12. The van der Waals surface area contributed by atoms with E-state index in [-0.39, 0.29) is 11.6 Å². The number of aliphatic hydroxyl groups is 1. The maximum absolute atomic E-state index is 10.8. The van der Waals surface area contributed by atoms with Crippen molar-refractivity contribution in [2.24, 2.45) is 0 Å². The number of aliphatic hydroxyl groups excluding tert-OH is 1. The number of nitrogens with zero attached hydrogens (tertiary/aromatic N) is 3. The molecule has 0 saturated carbocycles. The van der Waals surface area contributed by atoms with Crippen LogP contribution < -0.4 is 0 Å². The first-order chi connectivity index (χ1) is 9.44. The molecule has 1 aromatic rings. The third-order valence-corrected chi connectivity index (χ3v) is 4.71. The minimum Gasteiger partial charge on any atom is -0.391 e. The summed E-state index contributed by atoms with van der Waals surface area (Å²) in [5, 5.41) is 15.4. The molecule has 0 aliphatic carbocycles. The quantitative estimate of drug-likeness (QED) is 0.796. The zero-order valence-electron chi connectivity index (χ0n) is 14.0. The van der Waals surface area contributed by atoms with Gasteiger partial charge in [0, 0.05) is 24.2 Å². The molecule has 0 aliphatic rings. The Kier molecular flexibility index (Phi) is 6.21. The molecule has 0 bridgehead atoms. The summed E-state index contributed by atoms with van der Waals surface area (Å²) >= 11 is 0. The second-order valence-corrected chi connectivity index (χ2v) is 5.72. The van der Waals surface area contributed by atoms with E-state index in [1.807, 2.05) is 4.68 Å². The van der Waals surface area contributed by atoms with Crippen LogP contribution >= 0.6 is 0 Å². The molecule has 1 unspecified atom stereocenters. The van der Waals surface area contributed by atoms with Crippen molar-refractivity contribution in [1.29, 1.82) is 0 Å². The molecule has 1 atom stereocenters. The molecular weight excluding hydrogens is 250 g/mol. The van der Waals surface area contributed by atoms with Crippen molar-refractivity contribution >= 4 is 0 Å². The van der Waals surface area contributed by atoms with Crippen molar-refractivity contribution in [2.45, 2.75) is 71.6 Å². The van der Waals surface area contributed by atoms with Gasteiger partial charge in [0.25, 0.3) is 0 Å². The van der Waals surface area contributed by atoms with Gasteiger partial charge in [-0.25, -0.2) is 0 Å². The Morgan fingerprint density at radius 2 is 1.85 bits per heavy atom. The maximum Gasteiger partial charge on any atom is 0.0778 e. The normalized spacial score (nSPS) is 14.0. The number of likely N-dealkylation sites (N-methyl/N-ethyl adjacent to an activating group) is 1. The van der Waals surface area contributed by atoms with E-state index >= 15 is 0 Å². The highest BCUT2D eigenvalue weighted by Gasteiger charge is 2.37. The summed E-state index contributed by atoms with van der Waals surface area (Å²) in [7, 11) is 4.12. The van der Waals surface area contributed by atoms with Crippen LogP contribution in [-0.4, -0.2) is 45.5 Å². The number of aryl methyl sites for hydroxylation is 2. The molecule has 1 rings (SSSR count). The predicted octanol–water partition coefficient (Wildman–Crippen LogP) is 2.49. The van der Waals surface area contributed by atoms with Gasteiger partial charge >= 0.3 is 0 Å². The summed E-state index contributed by atoms with van der Waals surface area (Å²) < 4.78 is 2.02. The van der Waals surface area contributed by atoms with E-state index in [0.717, 1.165) is 37.2 Å². The fraction of sp³-hybridized carbons (Fsp3) is 0.812. The van der Waals surface area contributed by atoms with E-state index in [1.165, 1.54) is 0 Å². The van der Waals surface area contributed by atoms with E-state index in [2.05, 4.69) is 57.9 Å². The van der Waals surface area contributed by atoms with Crippen LogP contribution in [0.15, 0.2) is 6.07 Å². The molecular formula is C16H31N3O. The second-order valence-electron chi connectivity index (χ2n) is 5.72. The minimum absolute atomic E-state index is 0.158. The van der Waals surface area contributed by atoms with Gasteiger partial charge in [0.05, 0.1) is 11.8 Å². The Morgan fingerprint density at radius 1 is 1.25 bits per heavy atom. The zero-order valence-corrected chi connectivity index (χ0v) is 14.0. The summed E-state index contributed by atoms with van der Waals surface area (Å²) in [5.41, 5.74) is 2.09. The maximum atomic E-state index is 10.8. The van der Waals surface area contributed by atoms with Crippen molar-refractivity contribution in [1.82, 2.24) is 14.7 Å². The molecule has 1 N–H and O–H groups in total. The molecule has 1 aromatic heterocycles. The van der Waals surface area contributed by atoms with Gasteiger partial charge in [0.15, 0.2) is 0 Å². The molecule has 0 amide bonds. The van der Waals surface area contributed by atoms with E-state index in [0.29, 0.717) is 6.42 Å². The second kappa shape index (κ2) is 7.23. The summed E-state index contributed by atoms with van der Waals surface area (Å²) in [6, 6.07) is 2.14. The van der Waals surface area contributed by atoms with Crippen LogP contribution in [0.25, 0.3) is 0 Å². The van der Waals surface area contributed by atoms with Gasteiger partial charge in [0.1, 0.15) is 0 Å². The molecule has 116 valence electrons. The standard InChI is InChI=1S/C16H31N3O/c1-7-13-11-14(19(10-4)17-13)12-15(20)16(8-2,9-3)18(5)6/h11,15,20H,7-10,12H2,1-6H3. The number of aromatic nitrogens is 2. The van der Waals surface area contributed by atoms with Gasteiger partial charge in [-0.1, -0.05) is 20.8 Å². The summed E-state index contributed by atoms with van der Waals surface area (Å²) in [4.78, 5) is 2.17. The number of rotatable bonds is 8. The fourth-order valence-corrected chi connectivity index (χ4v) is 3.17. The molecule has 0 saturated heterocycles. The fourth-order valence-electron chi connectivity index (χ4n) is 3.17. The largest absolute Gasteiger partial charge is 0.391 e. The van der Waals surface area contributed by atoms with Crippen LogP contribution in [0.3, 0.4) is 0 Å². The average molecular weight is 281 g/mol. The van der Waals surface area contributed by atoms with Crippen LogP contribution in [-0.2, 0) is 19.4 Å². The molecule has 0 aromatic carbocycles. The van der Waals surface area contributed by atoms with Gasteiger partial charge in [-0.3, -0.25) is 4.68 Å². The highest BCUT2D eigenvalue weighted by molar-refractivity contribution is 5.13. The van der Waals surface area contributed by atoms with Crippen molar-refractivity contribution in [3.63, 3.8) is 0 Å². The lowest BCUT2D eigenvalue weighted by molar-refractivity contribution is -0.0135. The van der Waals surface area contributed by atoms with Crippen molar-refractivity contribution in [3.05, 3.63) is 17.5 Å². The Labute approximate surface area is 123 Å². The van der Waals surface area contributed by atoms with Crippen LogP contribution in [0, 0.1) is 0 Å². The molecule has 4 nitrogen and oxygen atoms in total. The molecule has 0 spiro atoms. The van der Waals surface area contributed by atoms with E-state index in [4.69, 9.17) is 0 Å². The molecule has 0 radical (unpaired) electrons. The first-order valence-corrected chi connectivity index (χ1v) is 7.86. The van der Waals surface area contributed by atoms with Crippen molar-refractivity contribution in [3.8, 4) is 0 Å². The molecule has 20 heavy (non-hydrogen) atoms. The van der Waals surface area contributed by atoms with E-state index < -0.39 is 0 Å². The zero-order chi connectivity index (χ0) is 15.3. The predicted molar refractivity (Wildman–Crippen MR) is 84.0 cm³/mol. The van der Waals surface area contributed by atoms with Gasteiger partial charge in [-0.05, 0) is 46.3 Å². The van der Waals surface area contributed by atoms with E-state index in [9.17, 15) is 5.11 Å². The third-order valence-electron chi connectivity index (χ3n) is 4.71. The summed E-state index contributed by atoms with van der Waals surface area (Å²) in [6.45, 7) is 9.38. The Bertz CT molecular complexity index is 408. The number of hydrogen-bond donors (Lipinski definition) is 1. The molecule has 0 fully saturated rings. The number of hydrogen-bond acceptors (Lipinski definition) is 3. The van der Waals surface area contributed by atoms with E-state index in [1.54, 1.807) is 0 Å². The molecule has 1 heterocycles. The lowest BCUT2D eigenvalue weighted by atomic mass is 9.83.